The van der Waals surface area contributed by atoms with Gasteiger partial charge in [-0.1, -0.05) is 6.07 Å². The van der Waals surface area contributed by atoms with Gasteiger partial charge in [0.1, 0.15) is 17.1 Å². The number of halogens is 3. The highest BCUT2D eigenvalue weighted by Gasteiger charge is 2.32. The molecule has 3 aromatic heterocycles. The lowest BCUT2D eigenvalue weighted by Crippen LogP contribution is -2.16. The Morgan fingerprint density at radius 3 is 2.47 bits per heavy atom. The molecule has 30 heavy (non-hydrogen) atoms. The minimum Gasteiger partial charge on any atom is -0.364 e. The van der Waals surface area contributed by atoms with E-state index in [-0.39, 0.29) is 40.8 Å². The average molecular weight is 418 g/mol. The number of aromatic nitrogens is 5. The summed E-state index contributed by atoms with van der Waals surface area (Å²) in [5.41, 5.74) is 4.55. The number of nitrogens with zero attached hydrogens (tertiary/aromatic N) is 5. The Hall–Kier alpha value is -3.83. The number of amides is 1. The van der Waals surface area contributed by atoms with Crippen LogP contribution in [0, 0.1) is 0 Å². The number of alkyl halides is 3. The predicted molar refractivity (Wildman–Crippen MR) is 103 cm³/mol. The van der Waals surface area contributed by atoms with Crippen LogP contribution in [0.15, 0.2) is 36.5 Å². The van der Waals surface area contributed by atoms with E-state index in [2.05, 4.69) is 35.6 Å². The molecule has 0 bridgehead atoms. The SMILES string of the molecule is CC(C)Nc1nc(Nc2ccnc(C(F)(F)F)c2)nc(-c2cccc(C(N)=O)n2)n1. The summed E-state index contributed by atoms with van der Waals surface area (Å²) in [6.45, 7) is 3.72. The van der Waals surface area contributed by atoms with Gasteiger partial charge in [0.25, 0.3) is 5.91 Å². The molecule has 0 atom stereocenters. The molecular weight excluding hydrogens is 401 g/mol. The molecule has 0 aliphatic carbocycles. The smallest absolute Gasteiger partial charge is 0.364 e. The maximum absolute atomic E-state index is 12.9. The van der Waals surface area contributed by atoms with Crippen LogP contribution in [0.4, 0.5) is 30.8 Å². The molecule has 3 heterocycles. The van der Waals surface area contributed by atoms with Crippen molar-refractivity contribution >= 4 is 23.5 Å². The van der Waals surface area contributed by atoms with Gasteiger partial charge in [-0.25, -0.2) is 4.98 Å². The van der Waals surface area contributed by atoms with E-state index in [4.69, 9.17) is 5.73 Å². The van der Waals surface area contributed by atoms with Gasteiger partial charge in [-0.3, -0.25) is 9.78 Å². The summed E-state index contributed by atoms with van der Waals surface area (Å²) in [4.78, 5) is 31.5. The number of primary amides is 1. The van der Waals surface area contributed by atoms with Crippen LogP contribution >= 0.6 is 0 Å². The topological polar surface area (TPSA) is 132 Å². The number of nitrogens with two attached hydrogens (primary N) is 1. The zero-order chi connectivity index (χ0) is 21.9. The standard InChI is InChI=1S/C18H17F3N8O/c1-9(2)24-16-27-15(12-5-3-4-11(26-12)14(22)30)28-17(29-16)25-10-6-7-23-13(8-10)18(19,20)21/h3-9H,1-2H3,(H2,22,30)(H2,23,24,25,27,28,29). The Bertz CT molecular complexity index is 1070. The van der Waals surface area contributed by atoms with Crippen molar-refractivity contribution in [3.8, 4) is 11.5 Å². The second kappa shape index (κ2) is 8.27. The first-order chi connectivity index (χ1) is 14.1. The van der Waals surface area contributed by atoms with Gasteiger partial charge >= 0.3 is 6.18 Å². The Labute approximate surface area is 169 Å². The number of hydrogen-bond acceptors (Lipinski definition) is 8. The first-order valence-electron chi connectivity index (χ1n) is 8.72. The molecule has 0 aliphatic heterocycles. The lowest BCUT2D eigenvalue weighted by atomic mass is 10.3. The zero-order valence-electron chi connectivity index (χ0n) is 15.9. The molecule has 3 aromatic rings. The van der Waals surface area contributed by atoms with Gasteiger partial charge in [-0.05, 0) is 38.1 Å². The highest BCUT2D eigenvalue weighted by Crippen LogP contribution is 2.29. The van der Waals surface area contributed by atoms with Crippen LogP contribution in [-0.2, 0) is 6.18 Å². The molecule has 0 saturated heterocycles. The van der Waals surface area contributed by atoms with E-state index in [1.165, 1.54) is 12.1 Å². The first kappa shape index (κ1) is 20.9. The summed E-state index contributed by atoms with van der Waals surface area (Å²) < 4.78 is 38.7. The maximum Gasteiger partial charge on any atom is 0.433 e. The first-order valence-corrected chi connectivity index (χ1v) is 8.72. The van der Waals surface area contributed by atoms with Crippen LogP contribution in [0.5, 0.6) is 0 Å². The maximum atomic E-state index is 12.9. The Morgan fingerprint density at radius 1 is 1.07 bits per heavy atom. The second-order valence-corrected chi connectivity index (χ2v) is 6.43. The predicted octanol–water partition coefficient (Wildman–Crippen LogP) is 3.01. The highest BCUT2D eigenvalue weighted by atomic mass is 19.4. The number of carbonyl (C=O) groups is 1. The van der Waals surface area contributed by atoms with E-state index in [9.17, 15) is 18.0 Å². The Kier molecular flexibility index (Phi) is 5.76. The number of rotatable bonds is 6. The van der Waals surface area contributed by atoms with Gasteiger partial charge in [0.15, 0.2) is 5.82 Å². The monoisotopic (exact) mass is 418 g/mol. The Balaban J connectivity index is 2.02. The summed E-state index contributed by atoms with van der Waals surface area (Å²) in [7, 11) is 0. The highest BCUT2D eigenvalue weighted by molar-refractivity contribution is 5.91. The van der Waals surface area contributed by atoms with E-state index in [0.717, 1.165) is 12.3 Å². The zero-order valence-corrected chi connectivity index (χ0v) is 15.9. The van der Waals surface area contributed by atoms with Crippen LogP contribution in [0.3, 0.4) is 0 Å². The minimum atomic E-state index is -4.59. The van der Waals surface area contributed by atoms with Crippen LogP contribution in [0.25, 0.3) is 11.5 Å². The third-order valence-electron chi connectivity index (χ3n) is 3.59. The van der Waals surface area contributed by atoms with Crippen molar-refractivity contribution in [2.24, 2.45) is 5.73 Å². The summed E-state index contributed by atoms with van der Waals surface area (Å²) in [6, 6.07) is 6.72. The fourth-order valence-electron chi connectivity index (χ4n) is 2.36. The van der Waals surface area contributed by atoms with Crippen LogP contribution in [0.1, 0.15) is 30.0 Å². The van der Waals surface area contributed by atoms with E-state index < -0.39 is 17.8 Å². The van der Waals surface area contributed by atoms with Gasteiger partial charge < -0.3 is 16.4 Å². The van der Waals surface area contributed by atoms with Crippen molar-refractivity contribution in [1.82, 2.24) is 24.9 Å². The van der Waals surface area contributed by atoms with E-state index in [0.29, 0.717) is 0 Å². The summed E-state index contributed by atoms with van der Waals surface area (Å²) in [5, 5.41) is 5.72. The minimum absolute atomic E-state index is 0.0183. The van der Waals surface area contributed by atoms with E-state index in [1.807, 2.05) is 13.8 Å². The van der Waals surface area contributed by atoms with Crippen LogP contribution in [0.2, 0.25) is 0 Å². The molecule has 0 fully saturated rings. The van der Waals surface area contributed by atoms with Gasteiger partial charge in [0.2, 0.25) is 11.9 Å². The molecule has 12 heteroatoms. The molecule has 1 amide bonds. The van der Waals surface area contributed by atoms with Crippen molar-refractivity contribution in [2.75, 3.05) is 10.6 Å². The lowest BCUT2D eigenvalue weighted by Gasteiger charge is -2.13. The normalized spacial score (nSPS) is 11.4. The second-order valence-electron chi connectivity index (χ2n) is 6.43. The van der Waals surface area contributed by atoms with Crippen molar-refractivity contribution < 1.29 is 18.0 Å². The van der Waals surface area contributed by atoms with Crippen molar-refractivity contribution in [3.63, 3.8) is 0 Å². The van der Waals surface area contributed by atoms with Gasteiger partial charge in [-0.2, -0.15) is 28.1 Å². The molecule has 0 saturated carbocycles. The average Bonchev–Trinajstić information content (AvgIpc) is 2.67. The van der Waals surface area contributed by atoms with E-state index >= 15 is 0 Å². The quantitative estimate of drug-likeness (QED) is 0.557. The number of anilines is 3. The Morgan fingerprint density at radius 2 is 1.80 bits per heavy atom. The summed E-state index contributed by atoms with van der Waals surface area (Å²) in [6.07, 6.45) is -3.57. The molecule has 156 valence electrons. The van der Waals surface area contributed by atoms with Crippen LogP contribution in [-0.4, -0.2) is 36.9 Å². The molecule has 0 aromatic carbocycles. The third kappa shape index (κ3) is 5.16. The molecule has 3 rings (SSSR count). The molecule has 4 N–H and O–H groups in total. The molecule has 0 spiro atoms. The molecule has 9 nitrogen and oxygen atoms in total. The fourth-order valence-corrected chi connectivity index (χ4v) is 2.36. The fraction of sp³-hybridized carbons (Fsp3) is 0.222. The number of nitrogens with one attached hydrogen (secondary N) is 2. The summed E-state index contributed by atoms with van der Waals surface area (Å²) >= 11 is 0. The molecular formula is C18H17F3N8O. The van der Waals surface area contributed by atoms with Crippen molar-refractivity contribution in [3.05, 3.63) is 47.9 Å². The number of hydrogen-bond donors (Lipinski definition) is 3. The molecule has 0 unspecified atom stereocenters. The van der Waals surface area contributed by atoms with Crippen LogP contribution < -0.4 is 16.4 Å². The van der Waals surface area contributed by atoms with Gasteiger partial charge in [-0.15, -0.1) is 0 Å². The van der Waals surface area contributed by atoms with Crippen molar-refractivity contribution in [1.29, 1.82) is 0 Å². The largest absolute Gasteiger partial charge is 0.433 e. The van der Waals surface area contributed by atoms with Gasteiger partial charge in [0.05, 0.1) is 0 Å². The number of carbonyl (C=O) groups excluding carboxylic acids is 1. The third-order valence-corrected chi connectivity index (χ3v) is 3.59. The van der Waals surface area contributed by atoms with Crippen molar-refractivity contribution in [2.45, 2.75) is 26.1 Å². The van der Waals surface area contributed by atoms with E-state index in [1.54, 1.807) is 12.1 Å². The van der Waals surface area contributed by atoms with Gasteiger partial charge in [0, 0.05) is 17.9 Å². The molecule has 0 radical (unpaired) electrons. The number of pyridine rings is 2. The summed E-state index contributed by atoms with van der Waals surface area (Å²) in [5.74, 6) is -0.465. The lowest BCUT2D eigenvalue weighted by molar-refractivity contribution is -0.141. The molecule has 0 aliphatic rings.